The van der Waals surface area contributed by atoms with Gasteiger partial charge in [0.1, 0.15) is 5.75 Å². The molecule has 1 aromatic carbocycles. The first-order valence-electron chi connectivity index (χ1n) is 9.12. The Balaban J connectivity index is 2.56. The highest BCUT2D eigenvalue weighted by molar-refractivity contribution is 7.09. The molecule has 1 aromatic heterocycles. The molecule has 0 radical (unpaired) electrons. The van der Waals surface area contributed by atoms with E-state index in [0.717, 1.165) is 6.54 Å². The summed E-state index contributed by atoms with van der Waals surface area (Å²) in [5.74, 6) is 0.492. The molecule has 0 aliphatic heterocycles. The van der Waals surface area contributed by atoms with Gasteiger partial charge in [-0.05, 0) is 36.5 Å². The zero-order chi connectivity index (χ0) is 20.2. The second-order valence-electron chi connectivity index (χ2n) is 7.85. The largest absolute Gasteiger partial charge is 0.493 e. The van der Waals surface area contributed by atoms with Crippen LogP contribution in [0.3, 0.4) is 0 Å². The molecule has 144 valence electrons. The Morgan fingerprint density at radius 1 is 1.37 bits per heavy atom. The first kappa shape index (κ1) is 20.9. The molecule has 27 heavy (non-hydrogen) atoms. The van der Waals surface area contributed by atoms with Crippen molar-refractivity contribution in [3.05, 3.63) is 45.2 Å². The highest BCUT2D eigenvalue weighted by atomic mass is 32.1. The third-order valence-electron chi connectivity index (χ3n) is 3.86. The average molecular weight is 386 g/mol. The van der Waals surface area contributed by atoms with E-state index in [2.05, 4.69) is 51.9 Å². The number of nitriles is 1. The average Bonchev–Trinajstić information content (AvgIpc) is 2.97. The van der Waals surface area contributed by atoms with Gasteiger partial charge in [0.15, 0.2) is 4.80 Å². The number of ether oxygens (including phenoxy) is 1. The van der Waals surface area contributed by atoms with Crippen molar-refractivity contribution in [2.75, 3.05) is 6.61 Å². The number of hydrogen-bond donors (Lipinski definition) is 0. The first-order chi connectivity index (χ1) is 12.7. The number of carbonyl (C=O) groups excluding carboxylic acids is 1. The molecule has 0 aliphatic carbocycles. The molecule has 0 aliphatic rings. The Labute approximate surface area is 165 Å². The number of hydrogen-bond acceptors (Lipinski definition) is 4. The number of carbonyl (C=O) groups is 1. The number of aromatic nitrogens is 1. The van der Waals surface area contributed by atoms with Crippen molar-refractivity contribution in [2.45, 2.75) is 53.5 Å². The molecule has 0 atom stereocenters. The van der Waals surface area contributed by atoms with E-state index in [1.807, 2.05) is 11.5 Å². The SMILES string of the molecule is CCOc1ccc(C#N)cc1C(=O)N=c1sc(C(C)(C)C)cn1CC(C)C. The van der Waals surface area contributed by atoms with Gasteiger partial charge in [-0.3, -0.25) is 4.79 Å². The molecular weight excluding hydrogens is 358 g/mol. The van der Waals surface area contributed by atoms with Crippen molar-refractivity contribution in [2.24, 2.45) is 10.9 Å². The summed E-state index contributed by atoms with van der Waals surface area (Å²) in [4.78, 5) is 19.1. The van der Waals surface area contributed by atoms with Crippen molar-refractivity contribution in [3.63, 3.8) is 0 Å². The van der Waals surface area contributed by atoms with Gasteiger partial charge < -0.3 is 9.30 Å². The molecule has 1 heterocycles. The second kappa shape index (κ2) is 8.53. The second-order valence-corrected chi connectivity index (χ2v) is 8.86. The molecule has 6 heteroatoms. The summed E-state index contributed by atoms with van der Waals surface area (Å²) in [6.07, 6.45) is 2.09. The standard InChI is InChI=1S/C21H27N3O2S/c1-7-26-17-9-8-15(11-22)10-16(17)19(25)23-20-24(12-14(2)3)13-18(27-20)21(4,5)6/h8-10,13-14H,7,12H2,1-6H3. The lowest BCUT2D eigenvalue weighted by Crippen LogP contribution is -2.19. The highest BCUT2D eigenvalue weighted by Gasteiger charge is 2.19. The third-order valence-corrected chi connectivity index (χ3v) is 5.30. The zero-order valence-corrected chi connectivity index (χ0v) is 17.7. The number of benzene rings is 1. The van der Waals surface area contributed by atoms with Crippen LogP contribution in [-0.2, 0) is 12.0 Å². The summed E-state index contributed by atoms with van der Waals surface area (Å²) < 4.78 is 7.60. The molecule has 5 nitrogen and oxygen atoms in total. The molecule has 2 aromatic rings. The van der Waals surface area contributed by atoms with Crippen LogP contribution in [0.4, 0.5) is 0 Å². The fraction of sp³-hybridized carbons (Fsp3) is 0.476. The van der Waals surface area contributed by atoms with Gasteiger partial charge in [-0.2, -0.15) is 10.3 Å². The third kappa shape index (κ3) is 5.30. The van der Waals surface area contributed by atoms with Crippen LogP contribution < -0.4 is 9.54 Å². The van der Waals surface area contributed by atoms with E-state index >= 15 is 0 Å². The molecule has 1 amide bonds. The molecule has 0 saturated heterocycles. The van der Waals surface area contributed by atoms with Crippen molar-refractivity contribution >= 4 is 17.2 Å². The van der Waals surface area contributed by atoms with E-state index in [-0.39, 0.29) is 5.41 Å². The summed E-state index contributed by atoms with van der Waals surface area (Å²) in [6, 6.07) is 6.91. The Morgan fingerprint density at radius 2 is 2.07 bits per heavy atom. The molecular formula is C21H27N3O2S. The van der Waals surface area contributed by atoms with Crippen LogP contribution in [0.5, 0.6) is 5.75 Å². The zero-order valence-electron chi connectivity index (χ0n) is 16.9. The number of rotatable bonds is 5. The lowest BCUT2D eigenvalue weighted by molar-refractivity contribution is 0.0994. The van der Waals surface area contributed by atoms with E-state index in [1.54, 1.807) is 18.2 Å². The van der Waals surface area contributed by atoms with Crippen molar-refractivity contribution in [3.8, 4) is 11.8 Å². The molecule has 0 N–H and O–H groups in total. The normalized spacial score (nSPS) is 12.3. The van der Waals surface area contributed by atoms with Crippen LogP contribution in [0.25, 0.3) is 0 Å². The van der Waals surface area contributed by atoms with Crippen LogP contribution in [0.1, 0.15) is 62.3 Å². The van der Waals surface area contributed by atoms with Gasteiger partial charge in [0.25, 0.3) is 5.91 Å². The topological polar surface area (TPSA) is 67.4 Å². The summed E-state index contributed by atoms with van der Waals surface area (Å²) >= 11 is 1.53. The van der Waals surface area contributed by atoms with Crippen LogP contribution in [0.2, 0.25) is 0 Å². The highest BCUT2D eigenvalue weighted by Crippen LogP contribution is 2.25. The number of amides is 1. The van der Waals surface area contributed by atoms with Crippen molar-refractivity contribution < 1.29 is 9.53 Å². The lowest BCUT2D eigenvalue weighted by Gasteiger charge is -2.14. The van der Waals surface area contributed by atoms with E-state index in [0.29, 0.717) is 34.2 Å². The Bertz CT molecular complexity index is 924. The van der Waals surface area contributed by atoms with Gasteiger partial charge in [-0.15, -0.1) is 11.3 Å². The fourth-order valence-electron chi connectivity index (χ4n) is 2.53. The first-order valence-corrected chi connectivity index (χ1v) is 9.94. The van der Waals surface area contributed by atoms with Crippen molar-refractivity contribution in [1.29, 1.82) is 5.26 Å². The Kier molecular flexibility index (Phi) is 6.61. The van der Waals surface area contributed by atoms with E-state index in [9.17, 15) is 4.79 Å². The Hall–Kier alpha value is -2.39. The minimum atomic E-state index is -0.393. The van der Waals surface area contributed by atoms with Crippen LogP contribution in [0.15, 0.2) is 29.4 Å². The molecule has 0 spiro atoms. The van der Waals surface area contributed by atoms with Crippen LogP contribution in [-0.4, -0.2) is 17.1 Å². The van der Waals surface area contributed by atoms with Gasteiger partial charge in [0.2, 0.25) is 0 Å². The van der Waals surface area contributed by atoms with Gasteiger partial charge in [-0.25, -0.2) is 0 Å². The van der Waals surface area contributed by atoms with Gasteiger partial charge in [-0.1, -0.05) is 34.6 Å². The van der Waals surface area contributed by atoms with Crippen molar-refractivity contribution in [1.82, 2.24) is 4.57 Å². The monoisotopic (exact) mass is 385 g/mol. The maximum atomic E-state index is 12.9. The summed E-state index contributed by atoms with van der Waals surface area (Å²) in [6.45, 7) is 13.8. The van der Waals surface area contributed by atoms with Crippen LogP contribution >= 0.6 is 11.3 Å². The quantitative estimate of drug-likeness (QED) is 0.760. The minimum absolute atomic E-state index is 0.0164. The maximum absolute atomic E-state index is 12.9. The fourth-order valence-corrected chi connectivity index (χ4v) is 3.59. The molecule has 0 bridgehead atoms. The van der Waals surface area contributed by atoms with E-state index in [1.165, 1.54) is 16.2 Å². The predicted molar refractivity (Wildman–Crippen MR) is 108 cm³/mol. The lowest BCUT2D eigenvalue weighted by atomic mass is 9.95. The molecule has 2 rings (SSSR count). The summed E-state index contributed by atoms with van der Waals surface area (Å²) in [7, 11) is 0. The van der Waals surface area contributed by atoms with Gasteiger partial charge in [0, 0.05) is 17.6 Å². The molecule has 0 saturated carbocycles. The Morgan fingerprint density at radius 3 is 2.63 bits per heavy atom. The van der Waals surface area contributed by atoms with Crippen LogP contribution in [0, 0.1) is 17.2 Å². The molecule has 0 fully saturated rings. The number of nitrogens with zero attached hydrogens (tertiary/aromatic N) is 3. The smallest absolute Gasteiger partial charge is 0.283 e. The number of thiazole rings is 1. The van der Waals surface area contributed by atoms with Gasteiger partial charge in [0.05, 0.1) is 23.8 Å². The van der Waals surface area contributed by atoms with E-state index < -0.39 is 5.91 Å². The maximum Gasteiger partial charge on any atom is 0.283 e. The minimum Gasteiger partial charge on any atom is -0.493 e. The summed E-state index contributed by atoms with van der Waals surface area (Å²) in [5.41, 5.74) is 0.712. The predicted octanol–water partition coefficient (Wildman–Crippen LogP) is 4.51. The molecule has 0 unspecified atom stereocenters. The summed E-state index contributed by atoms with van der Waals surface area (Å²) in [5, 5.41) is 9.16. The van der Waals surface area contributed by atoms with E-state index in [4.69, 9.17) is 10.00 Å². The van der Waals surface area contributed by atoms with Gasteiger partial charge >= 0.3 is 0 Å².